The molecule has 40 nitrogen and oxygen atoms in total. The first-order valence-electron chi connectivity index (χ1n) is 34.7. The molecule has 588 valence electrons. The molecule has 0 fully saturated rings. The molecule has 0 saturated carbocycles. The Bertz CT molecular complexity index is 2780. The molecule has 11 atom stereocenters. The number of carbonyl (C=O) groups excluding carboxylic acids is 11. The number of carboxylic acid groups (broad SMARTS) is 1. The molecule has 0 aliphatic rings. The van der Waals surface area contributed by atoms with Gasteiger partial charge in [-0.15, -0.1) is 0 Å². The number of rotatable bonds is 56. The van der Waals surface area contributed by atoms with Crippen LogP contribution in [0.4, 0.5) is 0 Å². The fraction of sp³-hybridized carbons (Fsp3) is 0.742. The van der Waals surface area contributed by atoms with Crippen LogP contribution in [0.15, 0.2) is 20.0 Å². The number of hydrogen-bond donors (Lipinski definition) is 24. The number of aliphatic imine (C=N–C) groups is 4. The molecule has 0 heterocycles. The van der Waals surface area contributed by atoms with Gasteiger partial charge in [-0.1, -0.05) is 27.7 Å². The summed E-state index contributed by atoms with van der Waals surface area (Å²) in [6.07, 6.45) is 5.03. The van der Waals surface area contributed by atoms with Crippen molar-refractivity contribution < 1.29 is 62.6 Å². The number of amides is 11. The molecule has 0 radical (unpaired) electrons. The lowest BCUT2D eigenvalue weighted by molar-refractivity contribution is -0.142. The molecule has 0 aliphatic heterocycles. The summed E-state index contributed by atoms with van der Waals surface area (Å²) in [5.74, 6) is -11.8. The molecule has 11 amide bonds. The minimum Gasteiger partial charge on any atom is -0.480 e. The Kier molecular flexibility index (Phi) is 48.9. The lowest BCUT2D eigenvalue weighted by Crippen LogP contribution is -2.61. The zero-order chi connectivity index (χ0) is 78.1. The predicted octanol–water partition coefficient (Wildman–Crippen LogP) is -7.95. The van der Waals surface area contributed by atoms with Gasteiger partial charge in [-0.3, -0.25) is 72.7 Å². The quantitative estimate of drug-likeness (QED) is 0.0153. The Morgan fingerprint density at radius 1 is 0.350 bits per heavy atom. The van der Waals surface area contributed by atoms with E-state index in [1.54, 1.807) is 27.7 Å². The lowest BCUT2D eigenvalue weighted by atomic mass is 10.0. The molecule has 0 aromatic heterocycles. The van der Waals surface area contributed by atoms with Gasteiger partial charge in [0.1, 0.15) is 60.4 Å². The molecule has 0 rings (SSSR count). The van der Waals surface area contributed by atoms with Gasteiger partial charge in [0.05, 0.1) is 12.6 Å². The second-order valence-electron chi connectivity index (χ2n) is 25.3. The molecule has 11 unspecified atom stereocenters. The maximum absolute atomic E-state index is 14.5. The van der Waals surface area contributed by atoms with E-state index < -0.39 is 156 Å². The molecule has 0 saturated heterocycles. The Morgan fingerprint density at radius 3 is 0.961 bits per heavy atom. The molecule has 41 heteroatoms. The van der Waals surface area contributed by atoms with Crippen LogP contribution < -0.4 is 127 Å². The van der Waals surface area contributed by atoms with Gasteiger partial charge in [0.25, 0.3) is 0 Å². The van der Waals surface area contributed by atoms with Gasteiger partial charge < -0.3 is 132 Å². The standard InChI is InChI=1S/C62H121N27O13S/c1-34(2)46(56(99)79-33-45(90)81-44(58(101)102)23-16-31-78-62(73)74)89-55(98)43(22-15-30-77-61(71)72)86-53(96)40(19-9-12-27-65)87-57(100)47(35(3)4)88-48(91)36(5)80-50(93)41(20-13-28-75-59(67)68)84-52(95)39(18-8-11-26-64)83-54(97)42(21-14-29-76-60(69)70)85-51(94)38(17-7-10-25-63)82-49(92)37(66)24-32-103-6/h34-44,46-47H,7-33,63-66H2,1-6H3,(H,79,99)(H,80,93)(H,81,90)(H,82,92)(H,83,97)(H,84,95)(H,85,94)(H,86,96)(H,87,100)(H,88,91)(H,89,98)(H,101,102)(H4,67,68,75)(H4,69,70,76)(H4,71,72,77)(H4,73,74,78). The molecule has 0 bridgehead atoms. The van der Waals surface area contributed by atoms with Crippen molar-refractivity contribution in [2.45, 2.75) is 217 Å². The topological polar surface area (TPSA) is 719 Å². The Hall–Kier alpha value is -9.09. The Labute approximate surface area is 607 Å². The summed E-state index contributed by atoms with van der Waals surface area (Å²) in [7, 11) is 0. The summed E-state index contributed by atoms with van der Waals surface area (Å²) in [5.41, 5.74) is 67.5. The number of carbonyl (C=O) groups is 12. The van der Waals surface area contributed by atoms with E-state index in [9.17, 15) is 62.6 Å². The first kappa shape index (κ1) is 93.9. The van der Waals surface area contributed by atoms with E-state index in [4.69, 9.17) is 68.8 Å². The van der Waals surface area contributed by atoms with Crippen molar-refractivity contribution in [3.8, 4) is 0 Å². The zero-order valence-corrected chi connectivity index (χ0v) is 61.4. The van der Waals surface area contributed by atoms with Crippen LogP contribution in [0.5, 0.6) is 0 Å². The molecule has 0 spiro atoms. The fourth-order valence-electron chi connectivity index (χ4n) is 9.87. The maximum atomic E-state index is 14.5. The van der Waals surface area contributed by atoms with Crippen molar-refractivity contribution in [2.24, 2.45) is 101 Å². The van der Waals surface area contributed by atoms with Gasteiger partial charge in [0.15, 0.2) is 23.8 Å². The first-order chi connectivity index (χ1) is 48.6. The van der Waals surface area contributed by atoms with Gasteiger partial charge >= 0.3 is 5.97 Å². The highest BCUT2D eigenvalue weighted by Gasteiger charge is 2.36. The van der Waals surface area contributed by atoms with Crippen molar-refractivity contribution in [3.05, 3.63) is 0 Å². The molecular formula is C62H121N27O13S. The number of guanidine groups is 4. The fourth-order valence-corrected chi connectivity index (χ4v) is 10.4. The number of nitrogens with zero attached hydrogens (tertiary/aromatic N) is 4. The van der Waals surface area contributed by atoms with Crippen LogP contribution >= 0.6 is 11.8 Å². The highest BCUT2D eigenvalue weighted by Crippen LogP contribution is 2.13. The van der Waals surface area contributed by atoms with Crippen LogP contribution in [-0.2, 0) is 57.5 Å². The molecule has 36 N–H and O–H groups in total. The van der Waals surface area contributed by atoms with Crippen LogP contribution in [-0.4, -0.2) is 231 Å². The third-order valence-electron chi connectivity index (χ3n) is 15.7. The summed E-state index contributed by atoms with van der Waals surface area (Å²) < 4.78 is 0. The van der Waals surface area contributed by atoms with Crippen molar-refractivity contribution in [3.63, 3.8) is 0 Å². The van der Waals surface area contributed by atoms with Crippen molar-refractivity contribution in [1.82, 2.24) is 58.5 Å². The molecule has 0 aliphatic carbocycles. The predicted molar refractivity (Wildman–Crippen MR) is 395 cm³/mol. The number of nitrogens with one attached hydrogen (secondary N) is 11. The number of nitrogens with two attached hydrogens (primary N) is 12. The van der Waals surface area contributed by atoms with Crippen LogP contribution in [0.25, 0.3) is 0 Å². The average molecular weight is 1480 g/mol. The monoisotopic (exact) mass is 1480 g/mol. The van der Waals surface area contributed by atoms with Crippen molar-refractivity contribution in [2.75, 3.05) is 64.4 Å². The van der Waals surface area contributed by atoms with E-state index in [-0.39, 0.29) is 134 Å². The van der Waals surface area contributed by atoms with E-state index in [1.807, 2.05) is 6.26 Å². The van der Waals surface area contributed by atoms with Crippen LogP contribution in [0.3, 0.4) is 0 Å². The number of carboxylic acids is 1. The van der Waals surface area contributed by atoms with Gasteiger partial charge in [-0.05, 0) is 166 Å². The first-order valence-corrected chi connectivity index (χ1v) is 36.1. The van der Waals surface area contributed by atoms with Gasteiger partial charge in [-0.2, -0.15) is 11.8 Å². The van der Waals surface area contributed by atoms with Gasteiger partial charge in [0.2, 0.25) is 65.0 Å². The summed E-state index contributed by atoms with van der Waals surface area (Å²) in [5, 5.41) is 38.4. The molecule has 0 aromatic carbocycles. The summed E-state index contributed by atoms with van der Waals surface area (Å²) in [4.78, 5) is 182. The number of unbranched alkanes of at least 4 members (excludes halogenated alkanes) is 3. The third-order valence-corrected chi connectivity index (χ3v) is 16.3. The zero-order valence-electron chi connectivity index (χ0n) is 60.6. The largest absolute Gasteiger partial charge is 0.480 e. The second-order valence-corrected chi connectivity index (χ2v) is 26.3. The summed E-state index contributed by atoms with van der Waals surface area (Å²) in [6.45, 7) is 7.98. The Morgan fingerprint density at radius 2 is 0.641 bits per heavy atom. The highest BCUT2D eigenvalue weighted by atomic mass is 32.2. The third kappa shape index (κ3) is 42.2. The van der Waals surface area contributed by atoms with Crippen molar-refractivity contribution >= 4 is 107 Å². The SMILES string of the molecule is CSCCC(N)C(=O)NC(CCCCN)C(=O)NC(CCCN=C(N)N)C(=O)NC(CCCCN)C(=O)NC(CCCN=C(N)N)C(=O)NC(C)C(=O)NC(C(=O)NC(CCCCN)C(=O)NC(CCCN=C(N)N)C(=O)NC(C(=O)NCC(=O)NC(CCCN=C(N)N)C(=O)O)C(C)C)C(C)C. The van der Waals surface area contributed by atoms with Crippen LogP contribution in [0.1, 0.15) is 150 Å². The number of hydrogen-bond acceptors (Lipinski definition) is 21. The van der Waals surface area contributed by atoms with Crippen molar-refractivity contribution in [1.29, 1.82) is 0 Å². The normalized spacial score (nSPS) is 14.2. The Balaban J connectivity index is 6.98. The van der Waals surface area contributed by atoms with E-state index >= 15 is 0 Å². The van der Waals surface area contributed by atoms with E-state index in [0.29, 0.717) is 57.2 Å². The van der Waals surface area contributed by atoms with Gasteiger partial charge in [-0.25, -0.2) is 4.79 Å². The molecular weight excluding hydrogens is 1360 g/mol. The average Bonchev–Trinajstić information content (AvgIpc) is 0.865. The molecule has 103 heavy (non-hydrogen) atoms. The van der Waals surface area contributed by atoms with E-state index in [0.717, 1.165) is 0 Å². The highest BCUT2D eigenvalue weighted by molar-refractivity contribution is 7.98. The maximum Gasteiger partial charge on any atom is 0.326 e. The van der Waals surface area contributed by atoms with Crippen LogP contribution in [0, 0.1) is 11.8 Å². The second kappa shape index (κ2) is 53.7. The summed E-state index contributed by atoms with van der Waals surface area (Å²) in [6, 6.07) is -14.3. The van der Waals surface area contributed by atoms with Gasteiger partial charge in [0, 0.05) is 26.2 Å². The number of aliphatic carboxylic acids is 1. The molecule has 0 aromatic rings. The van der Waals surface area contributed by atoms with Crippen LogP contribution in [0.2, 0.25) is 0 Å². The lowest BCUT2D eigenvalue weighted by Gasteiger charge is -2.29. The minimum absolute atomic E-state index is 0.00248. The smallest absolute Gasteiger partial charge is 0.326 e. The summed E-state index contributed by atoms with van der Waals surface area (Å²) >= 11 is 1.49. The van der Waals surface area contributed by atoms with E-state index in [2.05, 4.69) is 78.5 Å². The van der Waals surface area contributed by atoms with E-state index in [1.165, 1.54) is 18.7 Å². The number of thioether (sulfide) groups is 1. The minimum atomic E-state index is -1.41.